The SMILES string of the molecule is COC(=O)/C=C/Oc1ccccc1O. The standard InChI is InChI=1S/C10H10O4/c1-13-10(12)6-7-14-9-5-3-2-4-8(9)11/h2-7,11H,1H3/b7-6+. The minimum Gasteiger partial charge on any atom is -0.504 e. The molecule has 0 aliphatic rings. The highest BCUT2D eigenvalue weighted by atomic mass is 16.5. The van der Waals surface area contributed by atoms with Gasteiger partial charge in [0.1, 0.15) is 0 Å². The first-order valence-electron chi connectivity index (χ1n) is 3.93. The quantitative estimate of drug-likeness (QED) is 0.449. The van der Waals surface area contributed by atoms with Crippen molar-refractivity contribution in [3.05, 3.63) is 36.6 Å². The zero-order valence-electron chi connectivity index (χ0n) is 7.64. The second kappa shape index (κ2) is 4.91. The molecule has 0 bridgehead atoms. The van der Waals surface area contributed by atoms with Crippen molar-refractivity contribution in [1.29, 1.82) is 0 Å². The molecule has 0 unspecified atom stereocenters. The summed E-state index contributed by atoms with van der Waals surface area (Å²) in [6.45, 7) is 0. The smallest absolute Gasteiger partial charge is 0.333 e. The number of hydrogen-bond acceptors (Lipinski definition) is 4. The molecule has 1 aromatic carbocycles. The Balaban J connectivity index is 2.58. The van der Waals surface area contributed by atoms with Gasteiger partial charge in [0.05, 0.1) is 19.4 Å². The maximum Gasteiger partial charge on any atom is 0.333 e. The zero-order valence-corrected chi connectivity index (χ0v) is 7.64. The molecule has 74 valence electrons. The van der Waals surface area contributed by atoms with E-state index in [0.29, 0.717) is 0 Å². The molecular weight excluding hydrogens is 184 g/mol. The third-order valence-electron chi connectivity index (χ3n) is 1.47. The lowest BCUT2D eigenvalue weighted by Gasteiger charge is -2.01. The van der Waals surface area contributed by atoms with Gasteiger partial charge >= 0.3 is 5.97 Å². The minimum absolute atomic E-state index is 0.0158. The summed E-state index contributed by atoms with van der Waals surface area (Å²) < 4.78 is 9.33. The van der Waals surface area contributed by atoms with Crippen LogP contribution in [0.4, 0.5) is 0 Å². The van der Waals surface area contributed by atoms with E-state index in [4.69, 9.17) is 4.74 Å². The molecule has 1 rings (SSSR count). The first kappa shape index (κ1) is 10.1. The Morgan fingerprint density at radius 2 is 2.14 bits per heavy atom. The first-order chi connectivity index (χ1) is 6.74. The summed E-state index contributed by atoms with van der Waals surface area (Å²) in [6, 6.07) is 6.45. The van der Waals surface area contributed by atoms with Gasteiger partial charge in [0.15, 0.2) is 11.5 Å². The fraction of sp³-hybridized carbons (Fsp3) is 0.100. The lowest BCUT2D eigenvalue weighted by Crippen LogP contribution is -1.95. The maximum absolute atomic E-state index is 10.6. The molecule has 0 saturated carbocycles. The average molecular weight is 194 g/mol. The summed E-state index contributed by atoms with van der Waals surface area (Å²) in [5.74, 6) is -0.213. The van der Waals surface area contributed by atoms with E-state index in [9.17, 15) is 9.90 Å². The van der Waals surface area contributed by atoms with E-state index in [1.54, 1.807) is 18.2 Å². The van der Waals surface area contributed by atoms with Crippen LogP contribution in [0.25, 0.3) is 0 Å². The number of esters is 1. The van der Waals surface area contributed by atoms with Crippen molar-refractivity contribution < 1.29 is 19.4 Å². The van der Waals surface area contributed by atoms with Gasteiger partial charge < -0.3 is 14.6 Å². The van der Waals surface area contributed by atoms with E-state index < -0.39 is 5.97 Å². The molecule has 0 fully saturated rings. The van der Waals surface area contributed by atoms with E-state index in [1.807, 2.05) is 0 Å². The van der Waals surface area contributed by atoms with Gasteiger partial charge in [-0.25, -0.2) is 4.79 Å². The second-order valence-corrected chi connectivity index (χ2v) is 2.41. The van der Waals surface area contributed by atoms with Crippen molar-refractivity contribution in [1.82, 2.24) is 0 Å². The Labute approximate surface area is 81.4 Å². The van der Waals surface area contributed by atoms with Crippen LogP contribution in [0, 0.1) is 0 Å². The number of methoxy groups -OCH3 is 1. The van der Waals surface area contributed by atoms with Gasteiger partial charge in [-0.15, -0.1) is 0 Å². The number of benzene rings is 1. The predicted octanol–water partition coefficient (Wildman–Crippen LogP) is 1.46. The molecule has 0 aliphatic heterocycles. The van der Waals surface area contributed by atoms with E-state index in [-0.39, 0.29) is 11.5 Å². The molecule has 0 aliphatic carbocycles. The number of carbonyl (C=O) groups is 1. The van der Waals surface area contributed by atoms with Gasteiger partial charge in [-0.1, -0.05) is 12.1 Å². The zero-order chi connectivity index (χ0) is 10.4. The van der Waals surface area contributed by atoms with E-state index in [0.717, 1.165) is 12.3 Å². The summed E-state index contributed by atoms with van der Waals surface area (Å²) in [7, 11) is 1.27. The van der Waals surface area contributed by atoms with Gasteiger partial charge in [-0.3, -0.25) is 0 Å². The van der Waals surface area contributed by atoms with Crippen LogP contribution in [0.1, 0.15) is 0 Å². The van der Waals surface area contributed by atoms with Crippen LogP contribution in [0.3, 0.4) is 0 Å². The molecule has 0 spiro atoms. The lowest BCUT2D eigenvalue weighted by molar-refractivity contribution is -0.134. The normalized spacial score (nSPS) is 10.1. The number of phenols is 1. The molecule has 0 saturated heterocycles. The molecule has 4 heteroatoms. The fourth-order valence-corrected chi connectivity index (χ4v) is 0.788. The number of para-hydroxylation sites is 2. The molecule has 0 amide bonds. The number of phenolic OH excluding ortho intramolecular Hbond substituents is 1. The van der Waals surface area contributed by atoms with Crippen molar-refractivity contribution in [2.75, 3.05) is 7.11 Å². The summed E-state index contributed by atoms with van der Waals surface area (Å²) in [5, 5.41) is 9.26. The van der Waals surface area contributed by atoms with Crippen molar-refractivity contribution >= 4 is 5.97 Å². The summed E-state index contributed by atoms with van der Waals surface area (Å²) in [6.07, 6.45) is 2.27. The van der Waals surface area contributed by atoms with Gasteiger partial charge in [0.25, 0.3) is 0 Å². The van der Waals surface area contributed by atoms with Gasteiger partial charge in [-0.05, 0) is 12.1 Å². The number of hydrogen-bond donors (Lipinski definition) is 1. The van der Waals surface area contributed by atoms with Gasteiger partial charge in [0, 0.05) is 0 Å². The number of rotatable bonds is 3. The van der Waals surface area contributed by atoms with Gasteiger partial charge in [0.2, 0.25) is 0 Å². The van der Waals surface area contributed by atoms with Crippen LogP contribution in [0.2, 0.25) is 0 Å². The monoisotopic (exact) mass is 194 g/mol. The van der Waals surface area contributed by atoms with Crippen LogP contribution in [-0.2, 0) is 9.53 Å². The number of aromatic hydroxyl groups is 1. The van der Waals surface area contributed by atoms with E-state index in [2.05, 4.69) is 4.74 Å². The molecule has 0 radical (unpaired) electrons. The van der Waals surface area contributed by atoms with Crippen LogP contribution in [-0.4, -0.2) is 18.2 Å². The molecule has 14 heavy (non-hydrogen) atoms. The third kappa shape index (κ3) is 2.82. The highest BCUT2D eigenvalue weighted by Crippen LogP contribution is 2.24. The summed E-state index contributed by atoms with van der Waals surface area (Å²) in [4.78, 5) is 10.6. The van der Waals surface area contributed by atoms with Gasteiger partial charge in [-0.2, -0.15) is 0 Å². The molecule has 4 nitrogen and oxygen atoms in total. The van der Waals surface area contributed by atoms with Crippen LogP contribution < -0.4 is 4.74 Å². The second-order valence-electron chi connectivity index (χ2n) is 2.41. The van der Waals surface area contributed by atoms with E-state index in [1.165, 1.54) is 13.2 Å². The third-order valence-corrected chi connectivity index (χ3v) is 1.47. The molecule has 1 aromatic rings. The van der Waals surface area contributed by atoms with Crippen molar-refractivity contribution in [2.24, 2.45) is 0 Å². The maximum atomic E-state index is 10.6. The summed E-state index contributed by atoms with van der Waals surface area (Å²) >= 11 is 0. The fourth-order valence-electron chi connectivity index (χ4n) is 0.788. The topological polar surface area (TPSA) is 55.8 Å². The van der Waals surface area contributed by atoms with Crippen molar-refractivity contribution in [2.45, 2.75) is 0 Å². The molecule has 0 atom stereocenters. The Hall–Kier alpha value is -1.97. The van der Waals surface area contributed by atoms with Crippen LogP contribution in [0.5, 0.6) is 11.5 Å². The Morgan fingerprint density at radius 1 is 1.43 bits per heavy atom. The highest BCUT2D eigenvalue weighted by Gasteiger charge is 1.97. The van der Waals surface area contributed by atoms with Crippen LogP contribution in [0.15, 0.2) is 36.6 Å². The Morgan fingerprint density at radius 3 is 2.79 bits per heavy atom. The van der Waals surface area contributed by atoms with Crippen molar-refractivity contribution in [3.63, 3.8) is 0 Å². The molecule has 0 heterocycles. The Kier molecular flexibility index (Phi) is 3.55. The molecular formula is C10H10O4. The number of carbonyl (C=O) groups excluding carboxylic acids is 1. The minimum atomic E-state index is -0.513. The van der Waals surface area contributed by atoms with Crippen LogP contribution >= 0.6 is 0 Å². The lowest BCUT2D eigenvalue weighted by atomic mass is 10.3. The first-order valence-corrected chi connectivity index (χ1v) is 3.93. The molecule has 0 aromatic heterocycles. The predicted molar refractivity (Wildman–Crippen MR) is 49.9 cm³/mol. The number of ether oxygens (including phenoxy) is 2. The molecule has 1 N–H and O–H groups in total. The van der Waals surface area contributed by atoms with E-state index >= 15 is 0 Å². The average Bonchev–Trinajstić information content (AvgIpc) is 2.20. The van der Waals surface area contributed by atoms with Crippen molar-refractivity contribution in [3.8, 4) is 11.5 Å². The Bertz CT molecular complexity index is 344. The highest BCUT2D eigenvalue weighted by molar-refractivity contribution is 5.81. The summed E-state index contributed by atoms with van der Waals surface area (Å²) in [5.41, 5.74) is 0. The largest absolute Gasteiger partial charge is 0.504 e.